The molecule has 0 radical (unpaired) electrons. The van der Waals surface area contributed by atoms with Crippen LogP contribution in [0.2, 0.25) is 0 Å². The Balaban J connectivity index is 0. The van der Waals surface area contributed by atoms with Gasteiger partial charge in [0.05, 0.1) is 13.2 Å². The molecule has 27 heavy (non-hydrogen) atoms. The number of hydrogen-bond donors (Lipinski definition) is 1. The zero-order valence-corrected chi connectivity index (χ0v) is 18.3. The van der Waals surface area contributed by atoms with Gasteiger partial charge in [0.1, 0.15) is 0 Å². The normalized spacial score (nSPS) is 10.9. The molecule has 0 aliphatic rings. The van der Waals surface area contributed by atoms with Crippen LogP contribution in [0, 0.1) is 0 Å². The molecule has 0 rings (SSSR count). The number of hydrogen-bond acceptors (Lipinski definition) is 6. The maximum Gasteiger partial charge on any atom is 0.0977 e. The third-order valence-corrected chi connectivity index (χ3v) is 4.43. The van der Waals surface area contributed by atoms with E-state index in [2.05, 4.69) is 26.9 Å². The lowest BCUT2D eigenvalue weighted by Crippen LogP contribution is -2.09. The third kappa shape index (κ3) is 28.4. The summed E-state index contributed by atoms with van der Waals surface area (Å²) in [7, 11) is 0. The van der Waals surface area contributed by atoms with Crippen LogP contribution in [0.1, 0.15) is 110 Å². The molecule has 0 saturated carbocycles. The topological polar surface area (TPSA) is 72.2 Å². The van der Waals surface area contributed by atoms with Crippen molar-refractivity contribution in [2.45, 2.75) is 110 Å². The first-order valence-electron chi connectivity index (χ1n) is 10.9. The zero-order valence-electron chi connectivity index (χ0n) is 17.5. The fraction of sp³-hybridized carbons (Fsp3) is 1.00. The minimum absolute atomic E-state index is 0. The smallest absolute Gasteiger partial charge is 0.0977 e. The quantitative estimate of drug-likeness (QED) is 0.119. The van der Waals surface area contributed by atoms with Gasteiger partial charge < -0.3 is 5.73 Å². The second-order valence-electron chi connectivity index (χ2n) is 6.94. The van der Waals surface area contributed by atoms with Crippen molar-refractivity contribution in [3.05, 3.63) is 0 Å². The Bertz CT molecular complexity index is 226. The van der Waals surface area contributed by atoms with E-state index in [0.29, 0.717) is 13.2 Å². The zero-order chi connectivity index (χ0) is 19.0. The van der Waals surface area contributed by atoms with E-state index in [1.165, 1.54) is 89.9 Å². The van der Waals surface area contributed by atoms with Gasteiger partial charge in [-0.2, -0.15) is 0 Å². The predicted molar refractivity (Wildman–Crippen MR) is 111 cm³/mol. The predicted octanol–water partition coefficient (Wildman–Crippen LogP) is 6.37. The molecule has 166 valence electrons. The molecule has 0 atom stereocenters. The minimum atomic E-state index is 0. The molecule has 0 aromatic rings. The summed E-state index contributed by atoms with van der Waals surface area (Å²) in [5, 5.41) is 12.7. The Kier molecular flexibility index (Phi) is 30.6. The highest BCUT2D eigenvalue weighted by atomic mass is 35.5. The minimum Gasteiger partial charge on any atom is -0.328 e. The Morgan fingerprint density at radius 2 is 0.852 bits per heavy atom. The summed E-state index contributed by atoms with van der Waals surface area (Å²) >= 11 is 0. The lowest BCUT2D eigenvalue weighted by atomic mass is 10.0. The molecule has 6 nitrogen and oxygen atoms in total. The molecule has 0 saturated heterocycles. The van der Waals surface area contributed by atoms with Crippen LogP contribution in [0.5, 0.6) is 0 Å². The molecule has 0 amide bonds. The van der Waals surface area contributed by atoms with Gasteiger partial charge in [-0.3, -0.25) is 0 Å². The summed E-state index contributed by atoms with van der Waals surface area (Å²) in [4.78, 5) is 9.24. The van der Waals surface area contributed by atoms with E-state index in [9.17, 15) is 0 Å². The molecule has 2 N–H and O–H groups in total. The number of halogens is 1. The molecule has 0 unspecified atom stereocenters. The van der Waals surface area contributed by atoms with Crippen LogP contribution in [-0.2, 0) is 24.9 Å². The largest absolute Gasteiger partial charge is 0.328 e. The summed E-state index contributed by atoms with van der Waals surface area (Å²) in [6.07, 6.45) is 21.6. The van der Waals surface area contributed by atoms with Crippen LogP contribution in [-0.4, -0.2) is 19.8 Å². The number of nitrogens with two attached hydrogens (primary N) is 1. The Hall–Kier alpha value is 0.0500. The van der Waals surface area contributed by atoms with Gasteiger partial charge in [0.25, 0.3) is 0 Å². The summed E-state index contributed by atoms with van der Waals surface area (Å²) < 4.78 is 0. The van der Waals surface area contributed by atoms with E-state index in [0.717, 1.165) is 12.8 Å². The van der Waals surface area contributed by atoms with E-state index in [1.807, 2.05) is 0 Å². The van der Waals surface area contributed by atoms with Crippen molar-refractivity contribution >= 4 is 12.4 Å². The second kappa shape index (κ2) is 28.3. The summed E-state index contributed by atoms with van der Waals surface area (Å²) in [6, 6.07) is 0. The standard InChI is InChI=1S/C20H43NO5.ClH/c1-2-3-4-5-6-7-8-9-10-11-12-13-14-15-16-17-19-22-24-26-25-23-20-18-21;/h2-21H2,1H3;1H. The fourth-order valence-corrected chi connectivity index (χ4v) is 2.88. The van der Waals surface area contributed by atoms with Gasteiger partial charge in [-0.05, 0) is 21.5 Å². The molecular weight excluding hydrogens is 370 g/mol. The van der Waals surface area contributed by atoms with Crippen LogP contribution >= 0.6 is 12.4 Å². The maximum absolute atomic E-state index is 5.18. The summed E-state index contributed by atoms with van der Waals surface area (Å²) in [6.45, 7) is 3.35. The molecular formula is C20H44ClNO5. The van der Waals surface area contributed by atoms with Crippen LogP contribution in [0.3, 0.4) is 0 Å². The third-order valence-electron chi connectivity index (χ3n) is 4.43. The first kappa shape index (κ1) is 29.3. The molecule has 0 aromatic carbocycles. The van der Waals surface area contributed by atoms with E-state index in [-0.39, 0.29) is 19.0 Å². The van der Waals surface area contributed by atoms with E-state index < -0.39 is 0 Å². The summed E-state index contributed by atoms with van der Waals surface area (Å²) in [5.74, 6) is 0. The van der Waals surface area contributed by atoms with Crippen LogP contribution in [0.15, 0.2) is 0 Å². The van der Waals surface area contributed by atoms with Crippen LogP contribution in [0.4, 0.5) is 0 Å². The van der Waals surface area contributed by atoms with E-state index >= 15 is 0 Å². The monoisotopic (exact) mass is 413 g/mol. The fourth-order valence-electron chi connectivity index (χ4n) is 2.88. The van der Waals surface area contributed by atoms with Crippen molar-refractivity contribution in [1.29, 1.82) is 0 Å². The van der Waals surface area contributed by atoms with Crippen molar-refractivity contribution in [2.24, 2.45) is 5.73 Å². The van der Waals surface area contributed by atoms with Crippen molar-refractivity contribution < 1.29 is 24.9 Å². The van der Waals surface area contributed by atoms with Crippen molar-refractivity contribution in [3.63, 3.8) is 0 Å². The first-order chi connectivity index (χ1) is 12.9. The molecule has 0 aromatic heterocycles. The van der Waals surface area contributed by atoms with Gasteiger partial charge in [0.2, 0.25) is 0 Å². The van der Waals surface area contributed by atoms with Gasteiger partial charge in [-0.15, -0.1) is 12.4 Å². The van der Waals surface area contributed by atoms with Crippen molar-refractivity contribution in [2.75, 3.05) is 19.8 Å². The van der Waals surface area contributed by atoms with E-state index in [4.69, 9.17) is 10.6 Å². The van der Waals surface area contributed by atoms with E-state index in [1.54, 1.807) is 0 Å². The number of unbranched alkanes of at least 4 members (excludes halogenated alkanes) is 15. The SMILES string of the molecule is CCCCCCCCCCCCCCCCCCOOOOOCCN.Cl. The second-order valence-corrected chi connectivity index (χ2v) is 6.94. The molecule has 0 aliphatic heterocycles. The summed E-state index contributed by atoms with van der Waals surface area (Å²) in [5.41, 5.74) is 5.18. The van der Waals surface area contributed by atoms with Crippen LogP contribution in [0.25, 0.3) is 0 Å². The molecule has 0 heterocycles. The average Bonchev–Trinajstić information content (AvgIpc) is 2.66. The Morgan fingerprint density at radius 3 is 1.26 bits per heavy atom. The lowest BCUT2D eigenvalue weighted by Gasteiger charge is -2.04. The average molecular weight is 414 g/mol. The molecule has 0 bridgehead atoms. The highest BCUT2D eigenvalue weighted by Gasteiger charge is 1.96. The molecule has 7 heteroatoms. The van der Waals surface area contributed by atoms with Gasteiger partial charge in [0, 0.05) is 6.54 Å². The Labute approximate surface area is 172 Å². The van der Waals surface area contributed by atoms with Crippen LogP contribution < -0.4 is 5.73 Å². The number of rotatable bonds is 23. The lowest BCUT2D eigenvalue weighted by molar-refractivity contribution is -0.708. The maximum atomic E-state index is 5.18. The van der Waals surface area contributed by atoms with Gasteiger partial charge in [0.15, 0.2) is 0 Å². The first-order valence-corrected chi connectivity index (χ1v) is 10.9. The van der Waals surface area contributed by atoms with Crippen molar-refractivity contribution in [3.8, 4) is 0 Å². The molecule has 0 fully saturated rings. The Morgan fingerprint density at radius 1 is 0.481 bits per heavy atom. The van der Waals surface area contributed by atoms with Gasteiger partial charge in [-0.1, -0.05) is 103 Å². The highest BCUT2D eigenvalue weighted by Crippen LogP contribution is 2.13. The van der Waals surface area contributed by atoms with Gasteiger partial charge >= 0.3 is 0 Å². The molecule has 0 spiro atoms. The van der Waals surface area contributed by atoms with Gasteiger partial charge in [-0.25, -0.2) is 9.78 Å². The highest BCUT2D eigenvalue weighted by molar-refractivity contribution is 5.85. The van der Waals surface area contributed by atoms with Crippen molar-refractivity contribution in [1.82, 2.24) is 0 Å². The molecule has 0 aliphatic carbocycles.